The lowest BCUT2D eigenvalue weighted by Gasteiger charge is -2.25. The predicted molar refractivity (Wildman–Crippen MR) is 103 cm³/mol. The van der Waals surface area contributed by atoms with Crippen LogP contribution in [0.15, 0.2) is 71.3 Å². The molecule has 1 saturated heterocycles. The second-order valence-electron chi connectivity index (χ2n) is 6.72. The summed E-state index contributed by atoms with van der Waals surface area (Å²) in [7, 11) is 0. The Kier molecular flexibility index (Phi) is 4.93. The fourth-order valence-electron chi connectivity index (χ4n) is 3.50. The molecule has 0 bridgehead atoms. The van der Waals surface area contributed by atoms with Gasteiger partial charge in [0.1, 0.15) is 5.82 Å². The molecule has 1 aromatic heterocycles. The van der Waals surface area contributed by atoms with Crippen molar-refractivity contribution in [2.24, 2.45) is 0 Å². The Bertz CT molecular complexity index is 966. The molecule has 1 fully saturated rings. The summed E-state index contributed by atoms with van der Waals surface area (Å²) in [4.78, 5) is 26.8. The maximum Gasteiger partial charge on any atom is 0.291 e. The molecule has 1 aliphatic rings. The second-order valence-corrected chi connectivity index (χ2v) is 6.72. The van der Waals surface area contributed by atoms with Gasteiger partial charge < -0.3 is 14.6 Å². The van der Waals surface area contributed by atoms with E-state index in [1.165, 1.54) is 18.4 Å². The zero-order valence-corrected chi connectivity index (χ0v) is 15.1. The fraction of sp³-hybridized carbons (Fsp3) is 0.182. The number of anilines is 1. The normalized spacial score (nSPS) is 16.2. The third-order valence-electron chi connectivity index (χ3n) is 4.90. The van der Waals surface area contributed by atoms with Gasteiger partial charge in [-0.3, -0.25) is 9.59 Å². The van der Waals surface area contributed by atoms with Gasteiger partial charge in [0.25, 0.3) is 11.8 Å². The summed E-state index contributed by atoms with van der Waals surface area (Å²) in [5, 5.41) is 2.73. The molecule has 2 amide bonds. The number of nitrogens with one attached hydrogen (secondary N) is 1. The van der Waals surface area contributed by atoms with Gasteiger partial charge in [0, 0.05) is 17.8 Å². The molecule has 1 atom stereocenters. The van der Waals surface area contributed by atoms with Gasteiger partial charge >= 0.3 is 0 Å². The number of benzene rings is 2. The molecule has 2 heterocycles. The molecule has 1 unspecified atom stereocenters. The molecule has 142 valence electrons. The number of halogens is 1. The molecule has 1 N–H and O–H groups in total. The number of furan rings is 1. The Morgan fingerprint density at radius 2 is 1.79 bits per heavy atom. The van der Waals surface area contributed by atoms with Crippen molar-refractivity contribution >= 4 is 17.5 Å². The van der Waals surface area contributed by atoms with Gasteiger partial charge in [0.05, 0.1) is 12.3 Å². The Balaban J connectivity index is 1.47. The maximum atomic E-state index is 13.2. The van der Waals surface area contributed by atoms with Gasteiger partial charge in [0.2, 0.25) is 0 Å². The van der Waals surface area contributed by atoms with E-state index in [1.807, 2.05) is 4.90 Å². The predicted octanol–water partition coefficient (Wildman–Crippen LogP) is 4.65. The summed E-state index contributed by atoms with van der Waals surface area (Å²) in [5.74, 6) is -0.484. The first-order valence-electron chi connectivity index (χ1n) is 9.13. The van der Waals surface area contributed by atoms with Crippen LogP contribution < -0.4 is 5.32 Å². The van der Waals surface area contributed by atoms with Gasteiger partial charge in [-0.15, -0.1) is 0 Å². The van der Waals surface area contributed by atoms with Gasteiger partial charge in [-0.05, 0) is 66.9 Å². The molecule has 5 nitrogen and oxygen atoms in total. The van der Waals surface area contributed by atoms with E-state index in [9.17, 15) is 14.0 Å². The van der Waals surface area contributed by atoms with E-state index < -0.39 is 0 Å². The minimum absolute atomic E-state index is 0.0496. The molecule has 0 spiro atoms. The van der Waals surface area contributed by atoms with Crippen LogP contribution in [0.5, 0.6) is 0 Å². The van der Waals surface area contributed by atoms with Crippen LogP contribution in [-0.4, -0.2) is 23.3 Å². The average molecular weight is 378 g/mol. The molecule has 0 saturated carbocycles. The first-order valence-corrected chi connectivity index (χ1v) is 9.13. The third kappa shape index (κ3) is 3.67. The van der Waals surface area contributed by atoms with Gasteiger partial charge in [-0.25, -0.2) is 4.39 Å². The highest BCUT2D eigenvalue weighted by Crippen LogP contribution is 2.33. The van der Waals surface area contributed by atoms with Crippen LogP contribution in [0.3, 0.4) is 0 Å². The second kappa shape index (κ2) is 7.68. The summed E-state index contributed by atoms with van der Waals surface area (Å²) in [6.07, 6.45) is 3.20. The lowest BCUT2D eigenvalue weighted by molar-refractivity contribution is 0.0735. The van der Waals surface area contributed by atoms with Crippen LogP contribution in [0.2, 0.25) is 0 Å². The molecular weight excluding hydrogens is 359 g/mol. The van der Waals surface area contributed by atoms with Crippen molar-refractivity contribution in [1.29, 1.82) is 0 Å². The topological polar surface area (TPSA) is 62.6 Å². The van der Waals surface area contributed by atoms with Crippen molar-refractivity contribution in [3.05, 3.63) is 89.6 Å². The largest absolute Gasteiger partial charge is 0.459 e. The Morgan fingerprint density at radius 1 is 1.04 bits per heavy atom. The van der Waals surface area contributed by atoms with Crippen molar-refractivity contribution in [2.45, 2.75) is 18.9 Å². The van der Waals surface area contributed by atoms with Crippen LogP contribution >= 0.6 is 0 Å². The summed E-state index contributed by atoms with van der Waals surface area (Å²) >= 11 is 0. The molecule has 28 heavy (non-hydrogen) atoms. The quantitative estimate of drug-likeness (QED) is 0.719. The van der Waals surface area contributed by atoms with E-state index in [0.29, 0.717) is 17.8 Å². The van der Waals surface area contributed by atoms with Crippen molar-refractivity contribution in [1.82, 2.24) is 4.90 Å². The van der Waals surface area contributed by atoms with Crippen molar-refractivity contribution in [3.63, 3.8) is 0 Å². The van der Waals surface area contributed by atoms with Crippen molar-refractivity contribution < 1.29 is 18.4 Å². The number of nitrogens with zero attached hydrogens (tertiary/aromatic N) is 1. The molecule has 6 heteroatoms. The van der Waals surface area contributed by atoms with E-state index in [2.05, 4.69) is 5.32 Å². The maximum absolute atomic E-state index is 13.2. The standard InChI is InChI=1S/C22H19FN2O3/c23-17-9-5-15(6-10-17)19-3-1-13-25(19)22(27)16-7-11-18(12-8-16)24-21(26)20-4-2-14-28-20/h2,4-12,14,19H,1,3,13H2,(H,24,26). The summed E-state index contributed by atoms with van der Waals surface area (Å²) < 4.78 is 18.3. The van der Waals surface area contributed by atoms with E-state index in [1.54, 1.807) is 48.5 Å². The van der Waals surface area contributed by atoms with Crippen LogP contribution in [0.1, 0.15) is 45.4 Å². The molecule has 2 aromatic carbocycles. The number of hydrogen-bond acceptors (Lipinski definition) is 3. The molecule has 0 aliphatic carbocycles. The fourth-order valence-corrected chi connectivity index (χ4v) is 3.50. The van der Waals surface area contributed by atoms with Crippen LogP contribution in [0.25, 0.3) is 0 Å². The zero-order chi connectivity index (χ0) is 19.5. The highest BCUT2D eigenvalue weighted by Gasteiger charge is 2.30. The van der Waals surface area contributed by atoms with Gasteiger partial charge in [0.15, 0.2) is 5.76 Å². The van der Waals surface area contributed by atoms with E-state index in [-0.39, 0.29) is 29.4 Å². The molecule has 1 aliphatic heterocycles. The number of rotatable bonds is 4. The summed E-state index contributed by atoms with van der Waals surface area (Å²) in [6.45, 7) is 0.665. The highest BCUT2D eigenvalue weighted by atomic mass is 19.1. The number of amides is 2. The minimum atomic E-state index is -0.347. The van der Waals surface area contributed by atoms with E-state index in [0.717, 1.165) is 18.4 Å². The Hall–Kier alpha value is -3.41. The summed E-state index contributed by atoms with van der Waals surface area (Å²) in [6, 6.07) is 16.3. The monoisotopic (exact) mass is 378 g/mol. The molecule has 4 rings (SSSR count). The van der Waals surface area contributed by atoms with Gasteiger partial charge in [-0.2, -0.15) is 0 Å². The summed E-state index contributed by atoms with van der Waals surface area (Å²) in [5.41, 5.74) is 2.06. The number of carbonyl (C=O) groups is 2. The van der Waals surface area contributed by atoms with E-state index in [4.69, 9.17) is 4.42 Å². The SMILES string of the molecule is O=C(Nc1ccc(C(=O)N2CCCC2c2ccc(F)cc2)cc1)c1ccco1. The first-order chi connectivity index (χ1) is 13.6. The Labute approximate surface area is 161 Å². The van der Waals surface area contributed by atoms with Crippen LogP contribution in [0, 0.1) is 5.82 Å². The lowest BCUT2D eigenvalue weighted by Crippen LogP contribution is -2.30. The minimum Gasteiger partial charge on any atom is -0.459 e. The molecular formula is C22H19FN2O3. The van der Waals surface area contributed by atoms with Crippen LogP contribution in [0.4, 0.5) is 10.1 Å². The van der Waals surface area contributed by atoms with Crippen molar-refractivity contribution in [2.75, 3.05) is 11.9 Å². The third-order valence-corrected chi connectivity index (χ3v) is 4.90. The van der Waals surface area contributed by atoms with Crippen molar-refractivity contribution in [3.8, 4) is 0 Å². The number of likely N-dealkylation sites (tertiary alicyclic amines) is 1. The first kappa shape index (κ1) is 18.0. The van der Waals surface area contributed by atoms with Gasteiger partial charge in [-0.1, -0.05) is 12.1 Å². The highest BCUT2D eigenvalue weighted by molar-refractivity contribution is 6.02. The number of hydrogen-bond donors (Lipinski definition) is 1. The average Bonchev–Trinajstić information content (AvgIpc) is 3.41. The number of carbonyl (C=O) groups excluding carboxylic acids is 2. The zero-order valence-electron chi connectivity index (χ0n) is 15.1. The smallest absolute Gasteiger partial charge is 0.291 e. The molecule has 3 aromatic rings. The Morgan fingerprint density at radius 3 is 2.46 bits per heavy atom. The lowest BCUT2D eigenvalue weighted by atomic mass is 10.0. The molecule has 0 radical (unpaired) electrons. The van der Waals surface area contributed by atoms with E-state index >= 15 is 0 Å². The van der Waals surface area contributed by atoms with Crippen LogP contribution in [-0.2, 0) is 0 Å².